The number of thiophene rings is 1. The van der Waals surface area contributed by atoms with Gasteiger partial charge in [-0.3, -0.25) is 9.36 Å². The van der Waals surface area contributed by atoms with Crippen molar-refractivity contribution in [3.8, 4) is 17.9 Å². The van der Waals surface area contributed by atoms with Crippen molar-refractivity contribution in [3.63, 3.8) is 0 Å². The average molecular weight is 304 g/mol. The maximum absolute atomic E-state index is 12.0. The molecule has 0 aliphatic heterocycles. The molecule has 0 aliphatic rings. The van der Waals surface area contributed by atoms with Gasteiger partial charge in [0, 0.05) is 34.0 Å². The molecule has 0 radical (unpaired) electrons. The van der Waals surface area contributed by atoms with E-state index >= 15 is 0 Å². The second-order valence-corrected chi connectivity index (χ2v) is 5.38. The molecule has 0 unspecified atom stereocenters. The fourth-order valence-electron chi connectivity index (χ4n) is 1.80. The zero-order chi connectivity index (χ0) is 15.2. The van der Waals surface area contributed by atoms with E-state index in [1.54, 1.807) is 6.92 Å². The number of hydrogen-bond acceptors (Lipinski definition) is 5. The fourth-order valence-corrected chi connectivity index (χ4v) is 2.61. The van der Waals surface area contributed by atoms with Gasteiger partial charge in [-0.25, -0.2) is 4.98 Å². The number of nitrogens with zero attached hydrogens (tertiary/aromatic N) is 2. The summed E-state index contributed by atoms with van der Waals surface area (Å²) in [7, 11) is 1.50. The molecule has 0 aliphatic carbocycles. The lowest BCUT2D eigenvalue weighted by molar-refractivity contribution is 0.305. The Kier molecular flexibility index (Phi) is 5.14. The van der Waals surface area contributed by atoms with E-state index in [4.69, 9.17) is 9.84 Å². The standard InChI is InChI=1S/C15H16N2O3S/c1-11-7-14(19)17(15(16-11)20-2)9-13-8-12(10-21-13)5-3-4-6-18/h7-8,10,18H,4,6,9H2,1-2H3. The summed E-state index contributed by atoms with van der Waals surface area (Å²) in [6, 6.07) is 3.72. The van der Waals surface area contributed by atoms with Crippen LogP contribution in [-0.2, 0) is 6.54 Å². The van der Waals surface area contributed by atoms with Crippen LogP contribution in [0.15, 0.2) is 22.3 Å². The number of ether oxygens (including phenoxy) is 1. The number of aliphatic hydroxyl groups is 1. The van der Waals surface area contributed by atoms with E-state index in [1.165, 1.54) is 29.1 Å². The molecule has 0 bridgehead atoms. The van der Waals surface area contributed by atoms with Gasteiger partial charge in [-0.1, -0.05) is 11.8 Å². The number of aliphatic hydroxyl groups excluding tert-OH is 1. The van der Waals surface area contributed by atoms with Gasteiger partial charge in [0.15, 0.2) is 0 Å². The van der Waals surface area contributed by atoms with Gasteiger partial charge in [0.1, 0.15) is 0 Å². The molecule has 2 heterocycles. The van der Waals surface area contributed by atoms with E-state index in [9.17, 15) is 4.79 Å². The SMILES string of the molecule is COc1nc(C)cc(=O)n1Cc1cc(C#CCCO)cs1. The zero-order valence-corrected chi connectivity index (χ0v) is 12.7. The highest BCUT2D eigenvalue weighted by atomic mass is 32.1. The van der Waals surface area contributed by atoms with Gasteiger partial charge in [0.25, 0.3) is 11.6 Å². The molecule has 5 nitrogen and oxygen atoms in total. The maximum atomic E-state index is 12.0. The van der Waals surface area contributed by atoms with Crippen LogP contribution in [0.5, 0.6) is 6.01 Å². The lowest BCUT2D eigenvalue weighted by Gasteiger charge is -2.09. The second kappa shape index (κ2) is 7.07. The van der Waals surface area contributed by atoms with Crippen molar-refractivity contribution in [1.82, 2.24) is 9.55 Å². The van der Waals surface area contributed by atoms with Gasteiger partial charge in [-0.2, -0.15) is 0 Å². The van der Waals surface area contributed by atoms with Crippen molar-refractivity contribution in [2.45, 2.75) is 19.9 Å². The van der Waals surface area contributed by atoms with Gasteiger partial charge >= 0.3 is 0 Å². The Morgan fingerprint density at radius 1 is 1.48 bits per heavy atom. The third-order valence-corrected chi connectivity index (χ3v) is 3.64. The van der Waals surface area contributed by atoms with Gasteiger partial charge in [-0.15, -0.1) is 11.3 Å². The van der Waals surface area contributed by atoms with Crippen LogP contribution in [0.4, 0.5) is 0 Å². The van der Waals surface area contributed by atoms with Crippen LogP contribution in [-0.4, -0.2) is 28.4 Å². The molecule has 2 aromatic rings. The van der Waals surface area contributed by atoms with Crippen molar-refractivity contribution in [1.29, 1.82) is 0 Å². The molecular formula is C15H16N2O3S. The molecule has 0 amide bonds. The van der Waals surface area contributed by atoms with Crippen LogP contribution in [0.1, 0.15) is 22.6 Å². The Balaban J connectivity index is 2.24. The van der Waals surface area contributed by atoms with Gasteiger partial charge < -0.3 is 9.84 Å². The molecule has 110 valence electrons. The Morgan fingerprint density at radius 2 is 2.29 bits per heavy atom. The summed E-state index contributed by atoms with van der Waals surface area (Å²) in [6.45, 7) is 2.22. The van der Waals surface area contributed by atoms with Crippen LogP contribution < -0.4 is 10.3 Å². The number of hydrogen-bond donors (Lipinski definition) is 1. The van der Waals surface area contributed by atoms with E-state index in [2.05, 4.69) is 16.8 Å². The Hall–Kier alpha value is -2.10. The summed E-state index contributed by atoms with van der Waals surface area (Å²) in [4.78, 5) is 17.2. The minimum Gasteiger partial charge on any atom is -0.468 e. The molecule has 1 N–H and O–H groups in total. The maximum Gasteiger partial charge on any atom is 0.299 e. The van der Waals surface area contributed by atoms with E-state index in [1.807, 2.05) is 11.4 Å². The van der Waals surface area contributed by atoms with E-state index in [0.717, 1.165) is 10.4 Å². The molecule has 2 aromatic heterocycles. The van der Waals surface area contributed by atoms with Gasteiger partial charge in [0.2, 0.25) is 0 Å². The van der Waals surface area contributed by atoms with Crippen molar-refractivity contribution >= 4 is 11.3 Å². The van der Waals surface area contributed by atoms with Crippen molar-refractivity contribution in [3.05, 3.63) is 44.0 Å². The lowest BCUT2D eigenvalue weighted by atomic mass is 10.3. The first-order valence-electron chi connectivity index (χ1n) is 6.43. The topological polar surface area (TPSA) is 64.3 Å². The summed E-state index contributed by atoms with van der Waals surface area (Å²) in [6.07, 6.45) is 0.459. The number of aryl methyl sites for hydroxylation is 1. The van der Waals surface area contributed by atoms with Gasteiger partial charge in [0.05, 0.1) is 20.3 Å². The summed E-state index contributed by atoms with van der Waals surface area (Å²) < 4.78 is 6.66. The molecule has 0 saturated heterocycles. The van der Waals surface area contributed by atoms with Crippen LogP contribution in [0.25, 0.3) is 0 Å². The first-order chi connectivity index (χ1) is 10.1. The predicted molar refractivity (Wildman–Crippen MR) is 81.8 cm³/mol. The zero-order valence-electron chi connectivity index (χ0n) is 11.9. The van der Waals surface area contributed by atoms with Crippen LogP contribution in [0.3, 0.4) is 0 Å². The first-order valence-corrected chi connectivity index (χ1v) is 7.31. The second-order valence-electron chi connectivity index (χ2n) is 4.39. The summed E-state index contributed by atoms with van der Waals surface area (Å²) in [5, 5.41) is 10.6. The minimum absolute atomic E-state index is 0.0611. The molecule has 21 heavy (non-hydrogen) atoms. The third-order valence-electron chi connectivity index (χ3n) is 2.72. The van der Waals surface area contributed by atoms with Gasteiger partial charge in [-0.05, 0) is 13.0 Å². The quantitative estimate of drug-likeness (QED) is 0.867. The monoisotopic (exact) mass is 304 g/mol. The number of aromatic nitrogens is 2. The fraction of sp³-hybridized carbons (Fsp3) is 0.333. The predicted octanol–water partition coefficient (Wildman–Crippen LogP) is 1.40. The van der Waals surface area contributed by atoms with Crippen LogP contribution >= 0.6 is 11.3 Å². The highest BCUT2D eigenvalue weighted by molar-refractivity contribution is 7.10. The lowest BCUT2D eigenvalue weighted by Crippen LogP contribution is -2.22. The van der Waals surface area contributed by atoms with Crippen molar-refractivity contribution < 1.29 is 9.84 Å². The average Bonchev–Trinajstić information content (AvgIpc) is 2.89. The van der Waals surface area contributed by atoms with E-state index in [-0.39, 0.29) is 12.2 Å². The molecule has 6 heteroatoms. The highest BCUT2D eigenvalue weighted by Crippen LogP contribution is 2.17. The molecule has 0 aromatic carbocycles. The van der Waals surface area contributed by atoms with Crippen molar-refractivity contribution in [2.75, 3.05) is 13.7 Å². The van der Waals surface area contributed by atoms with Crippen LogP contribution in [0.2, 0.25) is 0 Å². The molecule has 0 saturated carbocycles. The summed E-state index contributed by atoms with van der Waals surface area (Å²) in [5.74, 6) is 5.84. The molecule has 0 fully saturated rings. The highest BCUT2D eigenvalue weighted by Gasteiger charge is 2.09. The Bertz CT molecular complexity index is 737. The smallest absolute Gasteiger partial charge is 0.299 e. The first kappa shape index (κ1) is 15.3. The number of methoxy groups -OCH3 is 1. The molecule has 0 atom stereocenters. The Morgan fingerprint density at radius 3 is 3.00 bits per heavy atom. The molecular weight excluding hydrogens is 288 g/mol. The largest absolute Gasteiger partial charge is 0.468 e. The normalized spacial score (nSPS) is 10.0. The molecule has 2 rings (SSSR count). The Labute approximate surface area is 126 Å². The van der Waals surface area contributed by atoms with E-state index in [0.29, 0.717) is 24.7 Å². The molecule has 0 spiro atoms. The summed E-state index contributed by atoms with van der Waals surface area (Å²) in [5.41, 5.74) is 1.38. The summed E-state index contributed by atoms with van der Waals surface area (Å²) >= 11 is 1.53. The van der Waals surface area contributed by atoms with Crippen LogP contribution in [0, 0.1) is 18.8 Å². The minimum atomic E-state index is -0.138. The van der Waals surface area contributed by atoms with Crippen molar-refractivity contribution in [2.24, 2.45) is 0 Å². The number of rotatable bonds is 4. The third kappa shape index (κ3) is 3.94. The van der Waals surface area contributed by atoms with E-state index < -0.39 is 0 Å².